The van der Waals surface area contributed by atoms with Gasteiger partial charge in [0.1, 0.15) is 17.6 Å². The molecule has 0 bridgehead atoms. The molecule has 1 aromatic rings. The third-order valence-corrected chi connectivity index (χ3v) is 2.68. The number of hydrogen-bond donors (Lipinski definition) is 0. The van der Waals surface area contributed by atoms with Gasteiger partial charge < -0.3 is 4.74 Å². The van der Waals surface area contributed by atoms with Crippen LogP contribution in [0.3, 0.4) is 0 Å². The van der Waals surface area contributed by atoms with Gasteiger partial charge in [-0.25, -0.2) is 0 Å². The molecule has 1 aliphatic rings. The molecular formula is C10H9IO2. The summed E-state index contributed by atoms with van der Waals surface area (Å²) in [6.07, 6.45) is 1.27. The maximum atomic E-state index is 10.7. The maximum absolute atomic E-state index is 10.7. The number of rotatable bonds is 2. The van der Waals surface area contributed by atoms with Gasteiger partial charge in [-0.3, -0.25) is 4.79 Å². The third-order valence-electron chi connectivity index (χ3n) is 2.01. The topological polar surface area (TPSA) is 26.3 Å². The number of carbonyl (C=O) groups is 1. The second-order valence-electron chi connectivity index (χ2n) is 3.14. The molecule has 2 rings (SSSR count). The highest BCUT2D eigenvalue weighted by Gasteiger charge is 2.28. The number of carbonyl (C=O) groups excluding carboxylic acids is 1. The van der Waals surface area contributed by atoms with Gasteiger partial charge in [-0.1, -0.05) is 6.07 Å². The summed E-state index contributed by atoms with van der Waals surface area (Å²) in [5.74, 6) is 1.17. The monoisotopic (exact) mass is 288 g/mol. The van der Waals surface area contributed by atoms with Gasteiger partial charge in [0.2, 0.25) is 0 Å². The number of Topliss-reactive ketones (excluding diaryl/α,β-unsaturated/α-hetero) is 1. The lowest BCUT2D eigenvalue weighted by molar-refractivity contribution is -0.129. The Morgan fingerprint density at radius 2 is 2.15 bits per heavy atom. The molecule has 0 atom stereocenters. The first-order valence-corrected chi connectivity index (χ1v) is 5.26. The van der Waals surface area contributed by atoms with E-state index in [1.165, 1.54) is 0 Å². The van der Waals surface area contributed by atoms with E-state index in [-0.39, 0.29) is 6.10 Å². The minimum Gasteiger partial charge on any atom is -0.489 e. The number of halogens is 1. The second kappa shape index (κ2) is 3.65. The van der Waals surface area contributed by atoms with Crippen molar-refractivity contribution in [2.45, 2.75) is 18.9 Å². The van der Waals surface area contributed by atoms with E-state index in [0.717, 1.165) is 9.32 Å². The Kier molecular flexibility index (Phi) is 2.53. The van der Waals surface area contributed by atoms with Crippen molar-refractivity contribution in [3.8, 4) is 5.75 Å². The molecule has 0 N–H and O–H groups in total. The summed E-state index contributed by atoms with van der Waals surface area (Å²) < 4.78 is 6.73. The Morgan fingerprint density at radius 1 is 1.38 bits per heavy atom. The standard InChI is InChI=1S/C10H9IO2/c11-7-2-1-3-9(4-7)13-10-5-8(12)6-10/h1-4,10H,5-6H2. The van der Waals surface area contributed by atoms with E-state index in [2.05, 4.69) is 22.6 Å². The van der Waals surface area contributed by atoms with Crippen LogP contribution in [-0.2, 0) is 4.79 Å². The van der Waals surface area contributed by atoms with Crippen LogP contribution in [0.15, 0.2) is 24.3 Å². The lowest BCUT2D eigenvalue weighted by atomic mass is 9.94. The predicted molar refractivity (Wildman–Crippen MR) is 57.8 cm³/mol. The van der Waals surface area contributed by atoms with Gasteiger partial charge in [0.25, 0.3) is 0 Å². The van der Waals surface area contributed by atoms with Gasteiger partial charge in [0, 0.05) is 16.4 Å². The van der Waals surface area contributed by atoms with Crippen LogP contribution < -0.4 is 4.74 Å². The molecule has 1 aliphatic carbocycles. The summed E-state index contributed by atoms with van der Waals surface area (Å²) in [7, 11) is 0. The van der Waals surface area contributed by atoms with Crippen molar-refractivity contribution in [3.63, 3.8) is 0 Å². The van der Waals surface area contributed by atoms with Crippen molar-refractivity contribution in [3.05, 3.63) is 27.8 Å². The zero-order valence-electron chi connectivity index (χ0n) is 7.00. The Balaban J connectivity index is 1.98. The fourth-order valence-electron chi connectivity index (χ4n) is 1.26. The number of ether oxygens (including phenoxy) is 1. The molecule has 0 amide bonds. The van der Waals surface area contributed by atoms with Gasteiger partial charge in [0.15, 0.2) is 0 Å². The van der Waals surface area contributed by atoms with Crippen LogP contribution in [0, 0.1) is 3.57 Å². The molecule has 3 heteroatoms. The Labute approximate surface area is 90.4 Å². The quantitative estimate of drug-likeness (QED) is 0.781. The summed E-state index contributed by atoms with van der Waals surface area (Å²) >= 11 is 2.24. The zero-order valence-corrected chi connectivity index (χ0v) is 9.15. The fraction of sp³-hybridized carbons (Fsp3) is 0.300. The third kappa shape index (κ3) is 2.21. The SMILES string of the molecule is O=C1CC(Oc2cccc(I)c2)C1. The van der Waals surface area contributed by atoms with Crippen LogP contribution in [0.5, 0.6) is 5.75 Å². The average Bonchev–Trinajstić information content (AvgIpc) is 2.01. The predicted octanol–water partition coefficient (Wildman–Crippen LogP) is 2.40. The first kappa shape index (κ1) is 8.99. The van der Waals surface area contributed by atoms with E-state index >= 15 is 0 Å². The highest BCUT2D eigenvalue weighted by molar-refractivity contribution is 14.1. The van der Waals surface area contributed by atoms with Gasteiger partial charge in [0.05, 0.1) is 0 Å². The second-order valence-corrected chi connectivity index (χ2v) is 4.39. The van der Waals surface area contributed by atoms with Crippen molar-refractivity contribution in [2.75, 3.05) is 0 Å². The van der Waals surface area contributed by atoms with E-state index in [1.807, 2.05) is 24.3 Å². The molecule has 0 unspecified atom stereocenters. The van der Waals surface area contributed by atoms with Crippen LogP contribution in [0.1, 0.15) is 12.8 Å². The molecule has 2 nitrogen and oxygen atoms in total. The van der Waals surface area contributed by atoms with E-state index in [0.29, 0.717) is 18.6 Å². The minimum absolute atomic E-state index is 0.116. The van der Waals surface area contributed by atoms with Crippen LogP contribution in [-0.4, -0.2) is 11.9 Å². The molecule has 1 aromatic carbocycles. The number of benzene rings is 1. The van der Waals surface area contributed by atoms with Crippen LogP contribution >= 0.6 is 22.6 Å². The molecule has 0 spiro atoms. The molecule has 0 saturated heterocycles. The van der Waals surface area contributed by atoms with Gasteiger partial charge >= 0.3 is 0 Å². The summed E-state index contributed by atoms with van der Waals surface area (Å²) in [6, 6.07) is 7.87. The fourth-order valence-corrected chi connectivity index (χ4v) is 1.78. The van der Waals surface area contributed by atoms with Crippen LogP contribution in [0.4, 0.5) is 0 Å². The zero-order chi connectivity index (χ0) is 9.26. The summed E-state index contributed by atoms with van der Waals surface area (Å²) in [6.45, 7) is 0. The molecule has 68 valence electrons. The Hall–Kier alpha value is -0.580. The lowest BCUT2D eigenvalue weighted by Crippen LogP contribution is -2.33. The highest BCUT2D eigenvalue weighted by atomic mass is 127. The first-order valence-electron chi connectivity index (χ1n) is 4.18. The summed E-state index contributed by atoms with van der Waals surface area (Å²) in [5.41, 5.74) is 0. The van der Waals surface area contributed by atoms with Gasteiger partial charge in [-0.2, -0.15) is 0 Å². The van der Waals surface area contributed by atoms with E-state index < -0.39 is 0 Å². The minimum atomic E-state index is 0.116. The molecule has 0 radical (unpaired) electrons. The van der Waals surface area contributed by atoms with Gasteiger partial charge in [-0.15, -0.1) is 0 Å². The van der Waals surface area contributed by atoms with Crippen molar-refractivity contribution < 1.29 is 9.53 Å². The van der Waals surface area contributed by atoms with Gasteiger partial charge in [-0.05, 0) is 40.8 Å². The molecule has 1 saturated carbocycles. The van der Waals surface area contributed by atoms with Crippen LogP contribution in [0.2, 0.25) is 0 Å². The lowest BCUT2D eigenvalue weighted by Gasteiger charge is -2.25. The number of ketones is 1. The molecule has 0 aliphatic heterocycles. The molecule has 1 fully saturated rings. The average molecular weight is 288 g/mol. The van der Waals surface area contributed by atoms with E-state index in [9.17, 15) is 4.79 Å². The van der Waals surface area contributed by atoms with Crippen molar-refractivity contribution in [1.29, 1.82) is 0 Å². The van der Waals surface area contributed by atoms with Crippen molar-refractivity contribution in [1.82, 2.24) is 0 Å². The smallest absolute Gasteiger partial charge is 0.140 e. The first-order chi connectivity index (χ1) is 6.24. The van der Waals surface area contributed by atoms with E-state index in [1.54, 1.807) is 0 Å². The number of hydrogen-bond acceptors (Lipinski definition) is 2. The normalized spacial score (nSPS) is 16.8. The highest BCUT2D eigenvalue weighted by Crippen LogP contribution is 2.23. The largest absolute Gasteiger partial charge is 0.489 e. The Bertz CT molecular complexity index is 327. The molecule has 0 aromatic heterocycles. The van der Waals surface area contributed by atoms with E-state index in [4.69, 9.17) is 4.74 Å². The van der Waals surface area contributed by atoms with Crippen LogP contribution in [0.25, 0.3) is 0 Å². The molecular weight excluding hydrogens is 279 g/mol. The maximum Gasteiger partial charge on any atom is 0.140 e. The van der Waals surface area contributed by atoms with Crippen molar-refractivity contribution in [2.24, 2.45) is 0 Å². The Morgan fingerprint density at radius 3 is 2.77 bits per heavy atom. The molecule has 0 heterocycles. The molecule has 13 heavy (non-hydrogen) atoms. The summed E-state index contributed by atoms with van der Waals surface area (Å²) in [5, 5.41) is 0. The van der Waals surface area contributed by atoms with Crippen molar-refractivity contribution >= 4 is 28.4 Å². The summed E-state index contributed by atoms with van der Waals surface area (Å²) in [4.78, 5) is 10.7.